The molecule has 1 aliphatic rings. The molecule has 1 aliphatic heterocycles. The lowest BCUT2D eigenvalue weighted by atomic mass is 9.76. The molecule has 3 atom stereocenters. The number of anilines is 1. The van der Waals surface area contributed by atoms with E-state index in [1.165, 1.54) is 5.56 Å². The number of nitrogens with zero attached hydrogens (tertiary/aromatic N) is 1. The van der Waals surface area contributed by atoms with Crippen LogP contribution in [0.4, 0.5) is 5.69 Å². The SMILES string of the molecule is Cc1nc(-c2cccc(NC(=O)COc3ccc([C@@H]4OC[C@@H](c5ccccc5)C[C@H]4C(C)C)cc3)c2)cs1. The molecule has 3 aromatic carbocycles. The minimum absolute atomic E-state index is 0.0566. The number of carbonyl (C=O) groups is 1. The maximum Gasteiger partial charge on any atom is 0.262 e. The number of hydrogen-bond donors (Lipinski definition) is 1. The molecular weight excluding hydrogens is 492 g/mol. The maximum absolute atomic E-state index is 12.5. The number of rotatable bonds is 8. The van der Waals surface area contributed by atoms with Gasteiger partial charge in [0.1, 0.15) is 5.75 Å². The third-order valence-corrected chi connectivity index (χ3v) is 7.96. The van der Waals surface area contributed by atoms with Crippen molar-refractivity contribution in [1.29, 1.82) is 0 Å². The molecule has 0 spiro atoms. The van der Waals surface area contributed by atoms with Crippen molar-refractivity contribution in [2.45, 2.75) is 39.2 Å². The Morgan fingerprint density at radius 2 is 1.84 bits per heavy atom. The van der Waals surface area contributed by atoms with Gasteiger partial charge in [-0.15, -0.1) is 11.3 Å². The zero-order chi connectivity index (χ0) is 26.5. The van der Waals surface area contributed by atoms with Crippen molar-refractivity contribution in [3.8, 4) is 17.0 Å². The van der Waals surface area contributed by atoms with Crippen LogP contribution in [0.3, 0.4) is 0 Å². The smallest absolute Gasteiger partial charge is 0.262 e. The monoisotopic (exact) mass is 526 g/mol. The fraction of sp³-hybridized carbons (Fsp3) is 0.312. The summed E-state index contributed by atoms with van der Waals surface area (Å²) in [6, 6.07) is 26.4. The standard InChI is InChI=1S/C32H34N2O3S/c1-21(2)29-17-26(23-8-5-4-6-9-23)18-37-32(29)24-12-14-28(15-13-24)36-19-31(35)34-27-11-7-10-25(16-27)30-20-38-22(3)33-30/h4-16,20-21,26,29,32H,17-19H2,1-3H3,(H,34,35)/t26-,29-,32-/m0/s1. The Balaban J connectivity index is 1.17. The topological polar surface area (TPSA) is 60.5 Å². The molecule has 196 valence electrons. The molecule has 5 nitrogen and oxygen atoms in total. The molecule has 1 saturated heterocycles. The summed E-state index contributed by atoms with van der Waals surface area (Å²) >= 11 is 1.61. The first-order chi connectivity index (χ1) is 18.5. The van der Waals surface area contributed by atoms with Gasteiger partial charge in [0.2, 0.25) is 0 Å². The van der Waals surface area contributed by atoms with E-state index in [9.17, 15) is 4.79 Å². The average Bonchev–Trinajstić information content (AvgIpc) is 3.39. The first-order valence-corrected chi connectivity index (χ1v) is 14.1. The quantitative estimate of drug-likeness (QED) is 0.256. The van der Waals surface area contributed by atoms with Crippen LogP contribution >= 0.6 is 11.3 Å². The van der Waals surface area contributed by atoms with Gasteiger partial charge in [0.15, 0.2) is 6.61 Å². The van der Waals surface area contributed by atoms with Crippen molar-refractivity contribution in [3.05, 3.63) is 100 Å². The van der Waals surface area contributed by atoms with Crippen LogP contribution in [0.1, 0.15) is 48.4 Å². The minimum atomic E-state index is -0.205. The Kier molecular flexibility index (Phi) is 8.20. The molecule has 1 N–H and O–H groups in total. The Morgan fingerprint density at radius 3 is 2.55 bits per heavy atom. The molecule has 4 aromatic rings. The van der Waals surface area contributed by atoms with E-state index in [1.807, 2.05) is 48.7 Å². The van der Waals surface area contributed by atoms with Crippen molar-refractivity contribution in [2.75, 3.05) is 18.5 Å². The van der Waals surface area contributed by atoms with Gasteiger partial charge in [0, 0.05) is 22.5 Å². The Morgan fingerprint density at radius 1 is 1.05 bits per heavy atom. The summed E-state index contributed by atoms with van der Waals surface area (Å²) < 4.78 is 12.2. The molecule has 2 heterocycles. The van der Waals surface area contributed by atoms with Crippen LogP contribution in [-0.2, 0) is 9.53 Å². The van der Waals surface area contributed by atoms with Crippen LogP contribution in [0.15, 0.2) is 84.2 Å². The fourth-order valence-electron chi connectivity index (χ4n) is 5.14. The van der Waals surface area contributed by atoms with Gasteiger partial charge in [-0.25, -0.2) is 4.98 Å². The normalized spacial score (nSPS) is 19.3. The van der Waals surface area contributed by atoms with E-state index in [1.54, 1.807) is 11.3 Å². The van der Waals surface area contributed by atoms with Gasteiger partial charge < -0.3 is 14.8 Å². The molecule has 0 bridgehead atoms. The number of thiazole rings is 1. The summed E-state index contributed by atoms with van der Waals surface area (Å²) in [5.74, 6) is 1.81. The second-order valence-corrected chi connectivity index (χ2v) is 11.3. The number of amides is 1. The van der Waals surface area contributed by atoms with Gasteiger partial charge in [0.25, 0.3) is 5.91 Å². The largest absolute Gasteiger partial charge is 0.484 e. The fourth-order valence-corrected chi connectivity index (χ4v) is 5.76. The van der Waals surface area contributed by atoms with E-state index in [-0.39, 0.29) is 18.6 Å². The second-order valence-electron chi connectivity index (χ2n) is 10.2. The average molecular weight is 527 g/mol. The third kappa shape index (κ3) is 6.32. The molecular formula is C32H34N2O3S. The molecule has 1 amide bonds. The minimum Gasteiger partial charge on any atom is -0.484 e. The molecule has 1 aromatic heterocycles. The zero-order valence-corrected chi connectivity index (χ0v) is 22.9. The van der Waals surface area contributed by atoms with E-state index in [0.717, 1.165) is 40.5 Å². The van der Waals surface area contributed by atoms with Gasteiger partial charge >= 0.3 is 0 Å². The molecule has 38 heavy (non-hydrogen) atoms. The van der Waals surface area contributed by atoms with E-state index >= 15 is 0 Å². The van der Waals surface area contributed by atoms with Crippen molar-refractivity contribution in [2.24, 2.45) is 11.8 Å². The van der Waals surface area contributed by atoms with Crippen LogP contribution in [0.5, 0.6) is 5.75 Å². The number of aryl methyl sites for hydroxylation is 1. The van der Waals surface area contributed by atoms with E-state index in [4.69, 9.17) is 9.47 Å². The van der Waals surface area contributed by atoms with Gasteiger partial charge in [-0.1, -0.05) is 68.4 Å². The van der Waals surface area contributed by atoms with E-state index < -0.39 is 0 Å². The number of nitrogens with one attached hydrogen (secondary N) is 1. The molecule has 1 fully saturated rings. The van der Waals surface area contributed by atoms with Gasteiger partial charge in [-0.05, 0) is 60.6 Å². The van der Waals surface area contributed by atoms with Crippen molar-refractivity contribution in [1.82, 2.24) is 4.98 Å². The lowest BCUT2D eigenvalue weighted by Gasteiger charge is -2.39. The first-order valence-electron chi connectivity index (χ1n) is 13.2. The summed E-state index contributed by atoms with van der Waals surface area (Å²) in [6.45, 7) is 7.19. The highest BCUT2D eigenvalue weighted by molar-refractivity contribution is 7.09. The predicted molar refractivity (Wildman–Crippen MR) is 154 cm³/mol. The van der Waals surface area contributed by atoms with Crippen LogP contribution < -0.4 is 10.1 Å². The van der Waals surface area contributed by atoms with Crippen LogP contribution in [-0.4, -0.2) is 24.1 Å². The van der Waals surface area contributed by atoms with E-state index in [0.29, 0.717) is 23.5 Å². The highest BCUT2D eigenvalue weighted by atomic mass is 32.1. The number of ether oxygens (including phenoxy) is 2. The molecule has 5 rings (SSSR count). The molecule has 0 radical (unpaired) electrons. The lowest BCUT2D eigenvalue weighted by molar-refractivity contribution is -0.118. The Labute approximate surface area is 228 Å². The maximum atomic E-state index is 12.5. The summed E-state index contributed by atoms with van der Waals surface area (Å²) in [4.78, 5) is 17.1. The number of benzene rings is 3. The van der Waals surface area contributed by atoms with Crippen LogP contribution in [0, 0.1) is 18.8 Å². The zero-order valence-electron chi connectivity index (χ0n) is 22.1. The Bertz CT molecular complexity index is 1350. The van der Waals surface area contributed by atoms with Crippen molar-refractivity contribution in [3.63, 3.8) is 0 Å². The summed E-state index contributed by atoms with van der Waals surface area (Å²) in [5.41, 5.74) is 5.12. The molecule has 0 aliphatic carbocycles. The molecule has 0 saturated carbocycles. The molecule has 6 heteroatoms. The number of carbonyl (C=O) groups excluding carboxylic acids is 1. The number of hydrogen-bond acceptors (Lipinski definition) is 5. The van der Waals surface area contributed by atoms with Crippen LogP contribution in [0.2, 0.25) is 0 Å². The first kappa shape index (κ1) is 26.1. The van der Waals surface area contributed by atoms with Gasteiger partial charge in [-0.2, -0.15) is 0 Å². The van der Waals surface area contributed by atoms with Crippen LogP contribution in [0.25, 0.3) is 11.3 Å². The highest BCUT2D eigenvalue weighted by Gasteiger charge is 2.34. The second kappa shape index (κ2) is 11.9. The van der Waals surface area contributed by atoms with Crippen molar-refractivity contribution < 1.29 is 14.3 Å². The van der Waals surface area contributed by atoms with E-state index in [2.05, 4.69) is 66.6 Å². The van der Waals surface area contributed by atoms with Crippen molar-refractivity contribution >= 4 is 22.9 Å². The lowest BCUT2D eigenvalue weighted by Crippen LogP contribution is -2.31. The predicted octanol–water partition coefficient (Wildman–Crippen LogP) is 7.65. The Hall–Kier alpha value is -3.48. The van der Waals surface area contributed by atoms with Gasteiger partial charge in [-0.3, -0.25) is 4.79 Å². The molecule has 0 unspecified atom stereocenters. The summed E-state index contributed by atoms with van der Waals surface area (Å²) in [6.07, 6.45) is 1.16. The third-order valence-electron chi connectivity index (χ3n) is 7.19. The van der Waals surface area contributed by atoms with Gasteiger partial charge in [0.05, 0.1) is 23.4 Å². The number of aromatic nitrogens is 1. The summed E-state index contributed by atoms with van der Waals surface area (Å²) in [7, 11) is 0. The highest BCUT2D eigenvalue weighted by Crippen LogP contribution is 2.43. The summed E-state index contributed by atoms with van der Waals surface area (Å²) in [5, 5.41) is 5.95.